The van der Waals surface area contributed by atoms with E-state index in [1.54, 1.807) is 0 Å². The van der Waals surface area contributed by atoms with E-state index >= 15 is 0 Å². The predicted molar refractivity (Wildman–Crippen MR) is 80.6 cm³/mol. The number of hydrogen-bond acceptors (Lipinski definition) is 3. The molecule has 0 aromatic carbocycles. The zero-order valence-corrected chi connectivity index (χ0v) is 13.1. The van der Waals surface area contributed by atoms with Gasteiger partial charge in [-0.15, -0.1) is 24.8 Å². The summed E-state index contributed by atoms with van der Waals surface area (Å²) in [7, 11) is 0. The molecule has 1 aliphatic heterocycles. The highest BCUT2D eigenvalue weighted by molar-refractivity contribution is 5.85. The minimum absolute atomic E-state index is 0. The Balaban J connectivity index is 0. The molecule has 4 nitrogen and oxygen atoms in total. The molecule has 1 amide bonds. The topological polar surface area (TPSA) is 58.4 Å². The Morgan fingerprint density at radius 1 is 1.44 bits per heavy atom. The molecule has 1 aliphatic rings. The van der Waals surface area contributed by atoms with Crippen molar-refractivity contribution in [3.05, 3.63) is 0 Å². The van der Waals surface area contributed by atoms with E-state index in [4.69, 9.17) is 5.73 Å². The first-order valence-corrected chi connectivity index (χ1v) is 6.33. The van der Waals surface area contributed by atoms with Crippen molar-refractivity contribution in [1.29, 1.82) is 0 Å². The van der Waals surface area contributed by atoms with E-state index in [0.29, 0.717) is 6.04 Å². The smallest absolute Gasteiger partial charge is 0.237 e. The maximum Gasteiger partial charge on any atom is 0.237 e. The van der Waals surface area contributed by atoms with Crippen LogP contribution in [-0.2, 0) is 4.79 Å². The van der Waals surface area contributed by atoms with Crippen LogP contribution in [-0.4, -0.2) is 42.5 Å². The minimum atomic E-state index is -0.378. The van der Waals surface area contributed by atoms with Crippen LogP contribution in [0.5, 0.6) is 0 Å². The molecule has 1 fully saturated rings. The molecule has 18 heavy (non-hydrogen) atoms. The molecule has 110 valence electrons. The number of hydrogen-bond donors (Lipinski definition) is 2. The number of nitrogens with one attached hydrogen (secondary N) is 1. The van der Waals surface area contributed by atoms with Crippen molar-refractivity contribution < 1.29 is 4.79 Å². The van der Waals surface area contributed by atoms with Gasteiger partial charge in [-0.25, -0.2) is 0 Å². The molecule has 6 heteroatoms. The van der Waals surface area contributed by atoms with Crippen molar-refractivity contribution >= 4 is 30.7 Å². The lowest BCUT2D eigenvalue weighted by Gasteiger charge is -2.24. The van der Waals surface area contributed by atoms with Crippen LogP contribution in [0.15, 0.2) is 0 Å². The molecule has 1 unspecified atom stereocenters. The Labute approximate surface area is 123 Å². The van der Waals surface area contributed by atoms with Crippen LogP contribution in [0.1, 0.15) is 33.6 Å². The Bertz CT molecular complexity index is 239. The van der Waals surface area contributed by atoms with Crippen molar-refractivity contribution in [2.24, 2.45) is 11.7 Å². The standard InChI is InChI=1S/C12H25N3O.2ClH/c1-4-15-7-5-6-10(15)8-14-12(16)11(13)9(2)3;;/h9-11H,4-8,13H2,1-3H3,(H,14,16);2*1H/t10?,11-;;/m1../s1. The number of halogens is 2. The largest absolute Gasteiger partial charge is 0.353 e. The van der Waals surface area contributed by atoms with Crippen LogP contribution in [0.4, 0.5) is 0 Å². The number of likely N-dealkylation sites (tertiary alicyclic amines) is 1. The number of carbonyl (C=O) groups is 1. The van der Waals surface area contributed by atoms with Crippen LogP contribution in [0.25, 0.3) is 0 Å². The zero-order valence-electron chi connectivity index (χ0n) is 11.5. The van der Waals surface area contributed by atoms with Gasteiger partial charge >= 0.3 is 0 Å². The summed E-state index contributed by atoms with van der Waals surface area (Å²) >= 11 is 0. The molecule has 0 saturated carbocycles. The summed E-state index contributed by atoms with van der Waals surface area (Å²) < 4.78 is 0. The summed E-state index contributed by atoms with van der Waals surface area (Å²) in [6, 6.07) is 0.129. The molecule has 1 rings (SSSR count). The Kier molecular flexibility index (Phi) is 11.1. The molecule has 2 atom stereocenters. The van der Waals surface area contributed by atoms with E-state index in [0.717, 1.165) is 19.6 Å². The Hall–Kier alpha value is -0.0300. The maximum atomic E-state index is 11.7. The number of carbonyl (C=O) groups excluding carboxylic acids is 1. The van der Waals surface area contributed by atoms with Crippen molar-refractivity contribution in [1.82, 2.24) is 10.2 Å². The van der Waals surface area contributed by atoms with Crippen LogP contribution in [0, 0.1) is 5.92 Å². The van der Waals surface area contributed by atoms with Crippen LogP contribution in [0.2, 0.25) is 0 Å². The molecule has 0 aromatic rings. The van der Waals surface area contributed by atoms with Crippen LogP contribution < -0.4 is 11.1 Å². The molecule has 1 saturated heterocycles. The van der Waals surface area contributed by atoms with Gasteiger partial charge in [0, 0.05) is 12.6 Å². The van der Waals surface area contributed by atoms with Crippen molar-refractivity contribution in [2.45, 2.75) is 45.7 Å². The monoisotopic (exact) mass is 299 g/mol. The highest BCUT2D eigenvalue weighted by Gasteiger charge is 2.24. The highest BCUT2D eigenvalue weighted by Crippen LogP contribution is 2.15. The summed E-state index contributed by atoms with van der Waals surface area (Å²) in [5.74, 6) is 0.184. The molecular weight excluding hydrogens is 273 g/mol. The average Bonchev–Trinajstić information content (AvgIpc) is 2.71. The Morgan fingerprint density at radius 3 is 2.56 bits per heavy atom. The summed E-state index contributed by atoms with van der Waals surface area (Å²) in [4.78, 5) is 14.1. The van der Waals surface area contributed by atoms with E-state index in [2.05, 4.69) is 17.1 Å². The number of rotatable bonds is 5. The van der Waals surface area contributed by atoms with Crippen molar-refractivity contribution in [3.8, 4) is 0 Å². The second kappa shape index (κ2) is 9.84. The van der Waals surface area contributed by atoms with Gasteiger partial charge in [0.05, 0.1) is 6.04 Å². The highest BCUT2D eigenvalue weighted by atomic mass is 35.5. The third-order valence-electron chi connectivity index (χ3n) is 3.44. The molecule has 1 heterocycles. The van der Waals surface area contributed by atoms with Gasteiger partial charge in [0.15, 0.2) is 0 Å². The van der Waals surface area contributed by atoms with E-state index in [1.165, 1.54) is 12.8 Å². The number of nitrogens with two attached hydrogens (primary N) is 1. The zero-order chi connectivity index (χ0) is 12.1. The number of amides is 1. The first-order valence-electron chi connectivity index (χ1n) is 6.33. The Morgan fingerprint density at radius 2 is 2.06 bits per heavy atom. The van der Waals surface area contributed by atoms with E-state index in [-0.39, 0.29) is 42.7 Å². The van der Waals surface area contributed by atoms with E-state index < -0.39 is 0 Å². The fourth-order valence-electron chi connectivity index (χ4n) is 2.18. The van der Waals surface area contributed by atoms with Crippen LogP contribution >= 0.6 is 24.8 Å². The van der Waals surface area contributed by atoms with Gasteiger partial charge in [-0.2, -0.15) is 0 Å². The van der Waals surface area contributed by atoms with E-state index in [1.807, 2.05) is 13.8 Å². The minimum Gasteiger partial charge on any atom is -0.353 e. The van der Waals surface area contributed by atoms with Gasteiger partial charge in [-0.1, -0.05) is 20.8 Å². The number of nitrogens with zero attached hydrogens (tertiary/aromatic N) is 1. The summed E-state index contributed by atoms with van der Waals surface area (Å²) in [5.41, 5.74) is 5.79. The average molecular weight is 300 g/mol. The first-order chi connectivity index (χ1) is 7.56. The van der Waals surface area contributed by atoms with Crippen molar-refractivity contribution in [2.75, 3.05) is 19.6 Å². The second-order valence-electron chi connectivity index (χ2n) is 4.94. The van der Waals surface area contributed by atoms with E-state index in [9.17, 15) is 4.79 Å². The lowest BCUT2D eigenvalue weighted by molar-refractivity contribution is -0.123. The van der Waals surface area contributed by atoms with Gasteiger partial charge in [0.2, 0.25) is 5.91 Å². The molecule has 0 aliphatic carbocycles. The van der Waals surface area contributed by atoms with Gasteiger partial charge in [0.25, 0.3) is 0 Å². The summed E-state index contributed by atoms with van der Waals surface area (Å²) in [6.45, 7) is 9.08. The quantitative estimate of drug-likeness (QED) is 0.807. The van der Waals surface area contributed by atoms with Gasteiger partial charge in [-0.05, 0) is 31.8 Å². The van der Waals surface area contributed by atoms with Crippen LogP contribution in [0.3, 0.4) is 0 Å². The van der Waals surface area contributed by atoms with Crippen molar-refractivity contribution in [3.63, 3.8) is 0 Å². The predicted octanol–water partition coefficient (Wildman–Crippen LogP) is 1.41. The molecular formula is C12H27Cl2N3O. The van der Waals surface area contributed by atoms with Gasteiger partial charge < -0.3 is 11.1 Å². The number of likely N-dealkylation sites (N-methyl/N-ethyl adjacent to an activating group) is 1. The van der Waals surface area contributed by atoms with Gasteiger partial charge in [-0.3, -0.25) is 9.69 Å². The lowest BCUT2D eigenvalue weighted by atomic mass is 10.0. The van der Waals surface area contributed by atoms with Gasteiger partial charge in [0.1, 0.15) is 0 Å². The fourth-order valence-corrected chi connectivity index (χ4v) is 2.18. The second-order valence-corrected chi connectivity index (χ2v) is 4.94. The summed E-state index contributed by atoms with van der Waals surface area (Å²) in [6.07, 6.45) is 2.43. The third kappa shape index (κ3) is 5.74. The molecule has 0 aromatic heterocycles. The summed E-state index contributed by atoms with van der Waals surface area (Å²) in [5, 5.41) is 2.96. The molecule has 3 N–H and O–H groups in total. The molecule has 0 radical (unpaired) electrons. The third-order valence-corrected chi connectivity index (χ3v) is 3.44. The molecule has 0 spiro atoms. The first kappa shape index (κ1) is 20.3. The molecule has 0 bridgehead atoms. The SMILES string of the molecule is CCN1CCCC1CNC(=O)[C@H](N)C(C)C.Cl.Cl. The maximum absolute atomic E-state index is 11.7. The lowest BCUT2D eigenvalue weighted by Crippen LogP contribution is -2.48. The fraction of sp³-hybridized carbons (Fsp3) is 0.917. The normalized spacial score (nSPS) is 21.1.